The van der Waals surface area contributed by atoms with E-state index in [-0.39, 0.29) is 19.2 Å². The normalized spacial score (nSPS) is 8.86. The van der Waals surface area contributed by atoms with Gasteiger partial charge in [0.15, 0.2) is 0 Å². The molecule has 0 heterocycles. The smallest absolute Gasteiger partial charge is 0.305 e. The lowest BCUT2D eigenvalue weighted by molar-refractivity contribution is -0.143. The molecule has 0 unspecified atom stereocenters. The second-order valence-electron chi connectivity index (χ2n) is 2.66. The van der Waals surface area contributed by atoms with E-state index < -0.39 is 0 Å². The lowest BCUT2D eigenvalue weighted by atomic mass is 10.2. The topological polar surface area (TPSA) is 66.8 Å². The summed E-state index contributed by atoms with van der Waals surface area (Å²) in [6, 6.07) is 0. The number of aliphatic hydroxyl groups is 2. The van der Waals surface area contributed by atoms with Crippen LogP contribution >= 0.6 is 0 Å². The highest BCUT2D eigenvalue weighted by molar-refractivity contribution is 5.69. The molecule has 86 valence electrons. The van der Waals surface area contributed by atoms with Crippen molar-refractivity contribution in [2.45, 2.75) is 39.5 Å². The first kappa shape index (κ1) is 15.8. The average Bonchev–Trinajstić information content (AvgIpc) is 2.14. The Bertz CT molecular complexity index is 115. The van der Waals surface area contributed by atoms with Crippen molar-refractivity contribution in [1.29, 1.82) is 0 Å². The summed E-state index contributed by atoms with van der Waals surface area (Å²) < 4.78 is 4.72. The van der Waals surface area contributed by atoms with Crippen molar-refractivity contribution in [3.05, 3.63) is 0 Å². The number of esters is 1. The highest BCUT2D eigenvalue weighted by atomic mass is 16.5. The molecule has 4 heteroatoms. The minimum absolute atomic E-state index is 0.134. The van der Waals surface area contributed by atoms with Crippen LogP contribution in [-0.2, 0) is 9.53 Å². The molecule has 0 atom stereocenters. The van der Waals surface area contributed by atoms with E-state index in [0.29, 0.717) is 13.0 Å². The fourth-order valence-electron chi connectivity index (χ4n) is 0.791. The molecule has 0 rings (SSSR count). The molecule has 0 saturated heterocycles. The van der Waals surface area contributed by atoms with Gasteiger partial charge in [0.05, 0.1) is 6.61 Å². The Morgan fingerprint density at radius 2 is 1.71 bits per heavy atom. The Kier molecular flexibility index (Phi) is 16.9. The zero-order valence-corrected chi connectivity index (χ0v) is 9.16. The van der Waals surface area contributed by atoms with Crippen molar-refractivity contribution in [2.24, 2.45) is 0 Å². The number of aliphatic hydroxyl groups excluding tert-OH is 2. The van der Waals surface area contributed by atoms with Gasteiger partial charge in [-0.1, -0.05) is 6.42 Å². The summed E-state index contributed by atoms with van der Waals surface area (Å²) in [6.07, 6.45) is 2.97. The fourth-order valence-corrected chi connectivity index (χ4v) is 0.791. The van der Waals surface area contributed by atoms with Crippen molar-refractivity contribution >= 4 is 5.97 Å². The average molecular weight is 206 g/mol. The van der Waals surface area contributed by atoms with Gasteiger partial charge in [-0.25, -0.2) is 0 Å². The molecule has 4 nitrogen and oxygen atoms in total. The summed E-state index contributed by atoms with van der Waals surface area (Å²) >= 11 is 0. The van der Waals surface area contributed by atoms with Crippen LogP contribution in [0.5, 0.6) is 0 Å². The van der Waals surface area contributed by atoms with Gasteiger partial charge in [0.1, 0.15) is 0 Å². The van der Waals surface area contributed by atoms with Crippen LogP contribution in [0.25, 0.3) is 0 Å². The standard InChI is InChI=1S/C8H16O3.C2H6O/c1-2-11-8(10)6-4-3-5-7-9;1-2-3/h9H,2-7H2,1H3;3H,2H2,1H3. The fraction of sp³-hybridized carbons (Fsp3) is 0.900. The summed E-state index contributed by atoms with van der Waals surface area (Å²) in [5, 5.41) is 16.0. The molecule has 0 radical (unpaired) electrons. The summed E-state index contributed by atoms with van der Waals surface area (Å²) in [5.74, 6) is -0.134. The summed E-state index contributed by atoms with van der Waals surface area (Å²) in [6.45, 7) is 4.40. The molecular formula is C10H22O4. The zero-order valence-electron chi connectivity index (χ0n) is 9.16. The third kappa shape index (κ3) is 17.5. The molecule has 14 heavy (non-hydrogen) atoms. The third-order valence-corrected chi connectivity index (χ3v) is 1.34. The van der Waals surface area contributed by atoms with Gasteiger partial charge >= 0.3 is 5.97 Å². The first-order chi connectivity index (χ1) is 6.72. The number of hydrogen-bond donors (Lipinski definition) is 2. The van der Waals surface area contributed by atoms with Gasteiger partial charge in [-0.3, -0.25) is 4.79 Å². The van der Waals surface area contributed by atoms with E-state index in [1.807, 2.05) is 0 Å². The van der Waals surface area contributed by atoms with Gasteiger partial charge in [-0.05, 0) is 26.7 Å². The van der Waals surface area contributed by atoms with Crippen LogP contribution < -0.4 is 0 Å². The number of rotatable bonds is 6. The van der Waals surface area contributed by atoms with E-state index in [1.165, 1.54) is 0 Å². The quantitative estimate of drug-likeness (QED) is 0.504. The maximum absolute atomic E-state index is 10.7. The van der Waals surface area contributed by atoms with Gasteiger partial charge < -0.3 is 14.9 Å². The van der Waals surface area contributed by atoms with E-state index >= 15 is 0 Å². The molecule has 0 fully saturated rings. The van der Waals surface area contributed by atoms with E-state index in [2.05, 4.69) is 0 Å². The Morgan fingerprint density at radius 1 is 1.14 bits per heavy atom. The molecule has 0 bridgehead atoms. The maximum Gasteiger partial charge on any atom is 0.305 e. The minimum Gasteiger partial charge on any atom is -0.466 e. The summed E-state index contributed by atoms with van der Waals surface area (Å²) in [4.78, 5) is 10.7. The Morgan fingerprint density at radius 3 is 2.14 bits per heavy atom. The molecule has 0 aromatic rings. The van der Waals surface area contributed by atoms with E-state index in [1.54, 1.807) is 13.8 Å². The highest BCUT2D eigenvalue weighted by Gasteiger charge is 1.99. The van der Waals surface area contributed by atoms with Gasteiger partial charge in [0, 0.05) is 19.6 Å². The first-order valence-electron chi connectivity index (χ1n) is 5.10. The minimum atomic E-state index is -0.134. The van der Waals surface area contributed by atoms with Crippen LogP contribution in [0, 0.1) is 0 Å². The van der Waals surface area contributed by atoms with Crippen LogP contribution in [0.15, 0.2) is 0 Å². The zero-order chi connectivity index (χ0) is 11.2. The van der Waals surface area contributed by atoms with E-state index in [4.69, 9.17) is 14.9 Å². The van der Waals surface area contributed by atoms with E-state index in [9.17, 15) is 4.79 Å². The second kappa shape index (κ2) is 14.9. The van der Waals surface area contributed by atoms with Crippen LogP contribution in [0.1, 0.15) is 39.5 Å². The number of carbonyl (C=O) groups excluding carboxylic acids is 1. The van der Waals surface area contributed by atoms with Gasteiger partial charge in [0.25, 0.3) is 0 Å². The summed E-state index contributed by atoms with van der Waals surface area (Å²) in [7, 11) is 0. The largest absolute Gasteiger partial charge is 0.466 e. The first-order valence-corrected chi connectivity index (χ1v) is 5.10. The highest BCUT2D eigenvalue weighted by Crippen LogP contribution is 2.00. The van der Waals surface area contributed by atoms with Crippen molar-refractivity contribution in [3.8, 4) is 0 Å². The molecule has 0 amide bonds. The number of unbranched alkanes of at least 4 members (excludes halogenated alkanes) is 2. The van der Waals surface area contributed by atoms with Crippen LogP contribution in [0.3, 0.4) is 0 Å². The van der Waals surface area contributed by atoms with Crippen molar-refractivity contribution in [2.75, 3.05) is 19.8 Å². The van der Waals surface area contributed by atoms with Crippen LogP contribution in [0.2, 0.25) is 0 Å². The van der Waals surface area contributed by atoms with E-state index in [0.717, 1.165) is 19.3 Å². The monoisotopic (exact) mass is 206 g/mol. The van der Waals surface area contributed by atoms with Crippen LogP contribution in [-0.4, -0.2) is 36.0 Å². The predicted octanol–water partition coefficient (Wildman–Crippen LogP) is 1.10. The van der Waals surface area contributed by atoms with Gasteiger partial charge in [-0.15, -0.1) is 0 Å². The van der Waals surface area contributed by atoms with Crippen molar-refractivity contribution < 1.29 is 19.7 Å². The molecule has 0 aromatic carbocycles. The van der Waals surface area contributed by atoms with Gasteiger partial charge in [-0.2, -0.15) is 0 Å². The molecular weight excluding hydrogens is 184 g/mol. The predicted molar refractivity (Wildman–Crippen MR) is 54.9 cm³/mol. The van der Waals surface area contributed by atoms with Crippen molar-refractivity contribution in [3.63, 3.8) is 0 Å². The van der Waals surface area contributed by atoms with Gasteiger partial charge in [0.2, 0.25) is 0 Å². The number of ether oxygens (including phenoxy) is 1. The second-order valence-corrected chi connectivity index (χ2v) is 2.66. The number of carbonyl (C=O) groups is 1. The molecule has 0 aliphatic heterocycles. The number of hydrogen-bond acceptors (Lipinski definition) is 4. The molecule has 0 aliphatic rings. The SMILES string of the molecule is CCO.CCOC(=O)CCCCCO. The Labute approximate surface area is 85.9 Å². The summed E-state index contributed by atoms with van der Waals surface area (Å²) in [5.41, 5.74) is 0. The Balaban J connectivity index is 0. The maximum atomic E-state index is 10.7. The molecule has 0 spiro atoms. The lowest BCUT2D eigenvalue weighted by Gasteiger charge is -1.99. The lowest BCUT2D eigenvalue weighted by Crippen LogP contribution is -2.03. The molecule has 0 aromatic heterocycles. The third-order valence-electron chi connectivity index (χ3n) is 1.34. The molecule has 0 aliphatic carbocycles. The van der Waals surface area contributed by atoms with Crippen LogP contribution in [0.4, 0.5) is 0 Å². The van der Waals surface area contributed by atoms with Crippen molar-refractivity contribution in [1.82, 2.24) is 0 Å². The molecule has 2 N–H and O–H groups in total. The molecule has 0 saturated carbocycles. The Hall–Kier alpha value is -0.610.